The van der Waals surface area contributed by atoms with Crippen LogP contribution in [-0.2, 0) is 0 Å². The fourth-order valence-corrected chi connectivity index (χ4v) is 2.02. The molecule has 0 aromatic heterocycles. The molecule has 0 unspecified atom stereocenters. The third kappa shape index (κ3) is 3.88. The van der Waals surface area contributed by atoms with Gasteiger partial charge in [0.1, 0.15) is 5.75 Å². The average Bonchev–Trinajstić information content (AvgIpc) is 2.48. The molecule has 0 fully saturated rings. The molecule has 2 aromatic carbocycles. The monoisotopic (exact) mass is 296 g/mol. The zero-order chi connectivity index (χ0) is 16.1. The minimum Gasteiger partial charge on any atom is -0.506 e. The first-order valence-electron chi connectivity index (χ1n) is 7.05. The standard InChI is InChI=1S/C18H20N2O2/c1-12(2)11-19-14-8-9-16(17(21)10-14)20-18(22)15-7-5-4-6-13(15)3/h4-10,19,21H,1,11H2,2-3H3,(H,20,22). The summed E-state index contributed by atoms with van der Waals surface area (Å²) in [6.07, 6.45) is 0. The van der Waals surface area contributed by atoms with Crippen LogP contribution in [0.2, 0.25) is 0 Å². The molecule has 0 spiro atoms. The van der Waals surface area contributed by atoms with Crippen LogP contribution < -0.4 is 10.6 Å². The molecule has 0 atom stereocenters. The highest BCUT2D eigenvalue weighted by Crippen LogP contribution is 2.27. The number of aryl methyl sites for hydroxylation is 1. The molecule has 2 rings (SSSR count). The van der Waals surface area contributed by atoms with E-state index in [1.165, 1.54) is 0 Å². The van der Waals surface area contributed by atoms with Crippen molar-refractivity contribution in [3.05, 3.63) is 65.7 Å². The maximum atomic E-state index is 12.2. The minimum atomic E-state index is -0.240. The second-order valence-corrected chi connectivity index (χ2v) is 5.31. The Morgan fingerprint density at radius 2 is 1.95 bits per heavy atom. The summed E-state index contributed by atoms with van der Waals surface area (Å²) in [6, 6.07) is 12.4. The van der Waals surface area contributed by atoms with Gasteiger partial charge in [-0.1, -0.05) is 30.4 Å². The van der Waals surface area contributed by atoms with Crippen LogP contribution in [0, 0.1) is 6.92 Å². The topological polar surface area (TPSA) is 61.4 Å². The number of aromatic hydroxyl groups is 1. The Hall–Kier alpha value is -2.75. The lowest BCUT2D eigenvalue weighted by Gasteiger charge is -2.11. The van der Waals surface area contributed by atoms with E-state index < -0.39 is 0 Å². The van der Waals surface area contributed by atoms with Crippen molar-refractivity contribution in [1.29, 1.82) is 0 Å². The van der Waals surface area contributed by atoms with Crippen LogP contribution in [0.4, 0.5) is 11.4 Å². The van der Waals surface area contributed by atoms with Gasteiger partial charge in [-0.25, -0.2) is 0 Å². The molecule has 0 aliphatic carbocycles. The van der Waals surface area contributed by atoms with Gasteiger partial charge in [-0.2, -0.15) is 0 Å². The number of phenolic OH excluding ortho intramolecular Hbond substituents is 1. The predicted octanol–water partition coefficient (Wildman–Crippen LogP) is 3.94. The van der Waals surface area contributed by atoms with Gasteiger partial charge in [0.2, 0.25) is 0 Å². The summed E-state index contributed by atoms with van der Waals surface area (Å²) in [5.74, 6) is -0.218. The maximum Gasteiger partial charge on any atom is 0.256 e. The number of amides is 1. The first-order valence-corrected chi connectivity index (χ1v) is 7.05. The SMILES string of the molecule is C=C(C)CNc1ccc(NC(=O)c2ccccc2C)c(O)c1. The van der Waals surface area contributed by atoms with E-state index in [4.69, 9.17) is 0 Å². The number of carbonyl (C=O) groups excluding carboxylic acids is 1. The number of phenols is 1. The summed E-state index contributed by atoms with van der Waals surface area (Å²) >= 11 is 0. The lowest BCUT2D eigenvalue weighted by molar-refractivity contribution is 0.102. The Morgan fingerprint density at radius 3 is 2.59 bits per heavy atom. The minimum absolute atomic E-state index is 0.0219. The molecule has 0 heterocycles. The summed E-state index contributed by atoms with van der Waals surface area (Å²) in [5, 5.41) is 15.9. The van der Waals surface area contributed by atoms with Gasteiger partial charge in [-0.3, -0.25) is 4.79 Å². The van der Waals surface area contributed by atoms with Crippen LogP contribution in [-0.4, -0.2) is 17.6 Å². The Bertz CT molecular complexity index is 708. The van der Waals surface area contributed by atoms with Crippen LogP contribution >= 0.6 is 0 Å². The van der Waals surface area contributed by atoms with Crippen LogP contribution in [0.25, 0.3) is 0 Å². The van der Waals surface area contributed by atoms with Crippen molar-refractivity contribution in [2.24, 2.45) is 0 Å². The summed E-state index contributed by atoms with van der Waals surface area (Å²) in [4.78, 5) is 12.2. The van der Waals surface area contributed by atoms with Gasteiger partial charge in [0, 0.05) is 23.9 Å². The number of hydrogen-bond donors (Lipinski definition) is 3. The molecule has 0 radical (unpaired) electrons. The third-order valence-electron chi connectivity index (χ3n) is 3.23. The van der Waals surface area contributed by atoms with E-state index in [1.54, 1.807) is 24.3 Å². The van der Waals surface area contributed by atoms with Gasteiger partial charge < -0.3 is 15.7 Å². The number of anilines is 2. The quantitative estimate of drug-likeness (QED) is 0.578. The Balaban J connectivity index is 2.12. The summed E-state index contributed by atoms with van der Waals surface area (Å²) < 4.78 is 0. The zero-order valence-corrected chi connectivity index (χ0v) is 12.8. The van der Waals surface area contributed by atoms with Gasteiger partial charge in [-0.05, 0) is 37.6 Å². The summed E-state index contributed by atoms with van der Waals surface area (Å²) in [6.45, 7) is 8.24. The fourth-order valence-electron chi connectivity index (χ4n) is 2.02. The van der Waals surface area contributed by atoms with Crippen LogP contribution in [0.5, 0.6) is 5.75 Å². The van der Waals surface area contributed by atoms with E-state index in [9.17, 15) is 9.90 Å². The van der Waals surface area contributed by atoms with Gasteiger partial charge in [0.15, 0.2) is 0 Å². The smallest absolute Gasteiger partial charge is 0.256 e. The van der Waals surface area contributed by atoms with Crippen molar-refractivity contribution >= 4 is 17.3 Å². The number of hydrogen-bond acceptors (Lipinski definition) is 3. The van der Waals surface area contributed by atoms with Crippen LogP contribution in [0.15, 0.2) is 54.6 Å². The van der Waals surface area contributed by atoms with E-state index in [0.717, 1.165) is 16.8 Å². The Kier molecular flexibility index (Phi) is 4.84. The second-order valence-electron chi connectivity index (χ2n) is 5.31. The van der Waals surface area contributed by atoms with Crippen molar-refractivity contribution < 1.29 is 9.90 Å². The van der Waals surface area contributed by atoms with Gasteiger partial charge in [-0.15, -0.1) is 0 Å². The molecule has 4 heteroatoms. The molecule has 114 valence electrons. The molecule has 4 nitrogen and oxygen atoms in total. The predicted molar refractivity (Wildman–Crippen MR) is 90.5 cm³/mol. The summed E-state index contributed by atoms with van der Waals surface area (Å²) in [7, 11) is 0. The molecule has 0 aliphatic heterocycles. The van der Waals surface area contributed by atoms with Gasteiger partial charge >= 0.3 is 0 Å². The van der Waals surface area contributed by atoms with E-state index in [-0.39, 0.29) is 11.7 Å². The van der Waals surface area contributed by atoms with Gasteiger partial charge in [0.25, 0.3) is 5.91 Å². The Labute approximate surface area is 130 Å². The molecule has 1 amide bonds. The lowest BCUT2D eigenvalue weighted by Crippen LogP contribution is -2.13. The second kappa shape index (κ2) is 6.80. The zero-order valence-electron chi connectivity index (χ0n) is 12.8. The highest BCUT2D eigenvalue weighted by molar-refractivity contribution is 6.06. The molecule has 0 saturated carbocycles. The number of nitrogens with one attached hydrogen (secondary N) is 2. The van der Waals surface area contributed by atoms with Crippen LogP contribution in [0.3, 0.4) is 0 Å². The first kappa shape index (κ1) is 15.6. The molecular weight excluding hydrogens is 276 g/mol. The van der Waals surface area contributed by atoms with Crippen molar-refractivity contribution in [2.75, 3.05) is 17.2 Å². The van der Waals surface area contributed by atoms with Gasteiger partial charge in [0.05, 0.1) is 5.69 Å². The number of benzene rings is 2. The molecule has 0 aliphatic rings. The largest absolute Gasteiger partial charge is 0.506 e. The van der Waals surface area contributed by atoms with Crippen molar-refractivity contribution in [3.63, 3.8) is 0 Å². The molecule has 3 N–H and O–H groups in total. The highest BCUT2D eigenvalue weighted by Gasteiger charge is 2.11. The third-order valence-corrected chi connectivity index (χ3v) is 3.23. The molecule has 0 saturated heterocycles. The van der Waals surface area contributed by atoms with E-state index >= 15 is 0 Å². The van der Waals surface area contributed by atoms with Crippen molar-refractivity contribution in [2.45, 2.75) is 13.8 Å². The number of rotatable bonds is 5. The average molecular weight is 296 g/mol. The summed E-state index contributed by atoms with van der Waals surface area (Å²) in [5.41, 5.74) is 3.63. The van der Waals surface area contributed by atoms with Crippen LogP contribution in [0.1, 0.15) is 22.8 Å². The van der Waals surface area contributed by atoms with Crippen molar-refractivity contribution in [1.82, 2.24) is 0 Å². The highest BCUT2D eigenvalue weighted by atomic mass is 16.3. The molecular formula is C18H20N2O2. The molecule has 22 heavy (non-hydrogen) atoms. The number of carbonyl (C=O) groups is 1. The van der Waals surface area contributed by atoms with Crippen molar-refractivity contribution in [3.8, 4) is 5.75 Å². The molecule has 2 aromatic rings. The van der Waals surface area contributed by atoms with E-state index in [1.807, 2.05) is 32.0 Å². The van der Waals surface area contributed by atoms with E-state index in [0.29, 0.717) is 17.8 Å². The fraction of sp³-hybridized carbons (Fsp3) is 0.167. The molecule has 0 bridgehead atoms. The lowest BCUT2D eigenvalue weighted by atomic mass is 10.1. The first-order chi connectivity index (χ1) is 10.5. The normalized spacial score (nSPS) is 10.1. The maximum absolute atomic E-state index is 12.2. The van der Waals surface area contributed by atoms with E-state index in [2.05, 4.69) is 17.2 Å². The Morgan fingerprint density at radius 1 is 1.23 bits per heavy atom.